The molecule has 1 aromatic carbocycles. The van der Waals surface area contributed by atoms with Crippen LogP contribution in [-0.2, 0) is 12.8 Å². The van der Waals surface area contributed by atoms with Crippen molar-refractivity contribution in [2.75, 3.05) is 7.11 Å². The van der Waals surface area contributed by atoms with Crippen molar-refractivity contribution in [1.82, 2.24) is 0 Å². The van der Waals surface area contributed by atoms with Gasteiger partial charge in [-0.25, -0.2) is 4.99 Å². The van der Waals surface area contributed by atoms with Gasteiger partial charge in [-0.3, -0.25) is 4.79 Å². The number of carbonyl (C=O) groups is 1. The third-order valence-electron chi connectivity index (χ3n) is 3.82. The zero-order valence-electron chi connectivity index (χ0n) is 12.5. The third-order valence-corrected chi connectivity index (χ3v) is 5.02. The number of hydrogen-bond acceptors (Lipinski definition) is 4. The van der Waals surface area contributed by atoms with Crippen LogP contribution in [0.15, 0.2) is 29.3 Å². The molecule has 2 aromatic rings. The number of hydrogen-bond donors (Lipinski definition) is 1. The van der Waals surface area contributed by atoms with E-state index in [0.717, 1.165) is 41.1 Å². The van der Waals surface area contributed by atoms with Crippen LogP contribution in [-0.4, -0.2) is 19.2 Å². The van der Waals surface area contributed by atoms with E-state index >= 15 is 0 Å². The molecule has 0 spiro atoms. The Labute approximate surface area is 133 Å². The number of methoxy groups -OCH3 is 1. The first-order valence-electron chi connectivity index (χ1n) is 7.31. The standard InChI is InChI=1S/C17H18N2O2S/c1-21-12-6-4-5-11(9-12)10-19-17-15(16(18)20)13-7-2-3-8-14(13)22-17/h4-6,9-10H,2-3,7-8H2,1H3,(H2,18,20)/b19-10+. The van der Waals surface area contributed by atoms with Crippen molar-refractivity contribution >= 4 is 28.5 Å². The zero-order valence-corrected chi connectivity index (χ0v) is 13.3. The molecule has 1 amide bonds. The Kier molecular flexibility index (Phi) is 4.24. The van der Waals surface area contributed by atoms with Crippen molar-refractivity contribution in [1.29, 1.82) is 0 Å². The van der Waals surface area contributed by atoms with Crippen LogP contribution < -0.4 is 10.5 Å². The Balaban J connectivity index is 1.96. The zero-order chi connectivity index (χ0) is 15.5. The average molecular weight is 314 g/mol. The van der Waals surface area contributed by atoms with Crippen LogP contribution in [0.4, 0.5) is 5.00 Å². The highest BCUT2D eigenvalue weighted by molar-refractivity contribution is 7.16. The quantitative estimate of drug-likeness (QED) is 0.878. The number of primary amides is 1. The molecular formula is C17H18N2O2S. The number of carbonyl (C=O) groups excluding carboxylic acids is 1. The lowest BCUT2D eigenvalue weighted by Gasteiger charge is -2.10. The fraction of sp³-hybridized carbons (Fsp3) is 0.294. The number of fused-ring (bicyclic) bond motifs is 1. The highest BCUT2D eigenvalue weighted by atomic mass is 32.1. The van der Waals surface area contributed by atoms with Crippen molar-refractivity contribution in [3.8, 4) is 5.75 Å². The second kappa shape index (κ2) is 6.32. The van der Waals surface area contributed by atoms with Crippen LogP contribution in [0.3, 0.4) is 0 Å². The fourth-order valence-electron chi connectivity index (χ4n) is 2.75. The van der Waals surface area contributed by atoms with Gasteiger partial charge in [0.2, 0.25) is 0 Å². The molecule has 0 saturated carbocycles. The van der Waals surface area contributed by atoms with Crippen LogP contribution in [0, 0.1) is 0 Å². The molecule has 1 heterocycles. The normalized spacial score (nSPS) is 14.0. The van der Waals surface area contributed by atoms with Gasteiger partial charge >= 0.3 is 0 Å². The van der Waals surface area contributed by atoms with Crippen molar-refractivity contribution in [2.45, 2.75) is 25.7 Å². The lowest BCUT2D eigenvalue weighted by molar-refractivity contribution is 0.100. The molecule has 0 aliphatic heterocycles. The van der Waals surface area contributed by atoms with Crippen molar-refractivity contribution in [3.63, 3.8) is 0 Å². The molecule has 1 aliphatic carbocycles. The summed E-state index contributed by atoms with van der Waals surface area (Å²) in [6.07, 6.45) is 5.99. The number of nitrogens with zero attached hydrogens (tertiary/aromatic N) is 1. The van der Waals surface area contributed by atoms with E-state index in [1.165, 1.54) is 11.3 Å². The summed E-state index contributed by atoms with van der Waals surface area (Å²) >= 11 is 1.59. The van der Waals surface area contributed by atoms with E-state index in [0.29, 0.717) is 5.56 Å². The molecule has 22 heavy (non-hydrogen) atoms. The maximum atomic E-state index is 11.8. The van der Waals surface area contributed by atoms with E-state index < -0.39 is 0 Å². The van der Waals surface area contributed by atoms with Gasteiger partial charge in [0, 0.05) is 11.1 Å². The molecule has 0 unspecified atom stereocenters. The topological polar surface area (TPSA) is 64.7 Å². The molecule has 114 valence electrons. The molecule has 4 nitrogen and oxygen atoms in total. The first-order valence-corrected chi connectivity index (χ1v) is 8.13. The van der Waals surface area contributed by atoms with E-state index in [1.54, 1.807) is 24.7 Å². The van der Waals surface area contributed by atoms with Gasteiger partial charge in [-0.2, -0.15) is 0 Å². The molecule has 1 aliphatic rings. The van der Waals surface area contributed by atoms with Gasteiger partial charge in [-0.05, 0) is 48.9 Å². The van der Waals surface area contributed by atoms with E-state index in [4.69, 9.17) is 10.5 Å². The summed E-state index contributed by atoms with van der Waals surface area (Å²) in [7, 11) is 1.63. The molecule has 0 fully saturated rings. The van der Waals surface area contributed by atoms with E-state index in [2.05, 4.69) is 4.99 Å². The molecule has 0 saturated heterocycles. The van der Waals surface area contributed by atoms with Crippen molar-refractivity contribution in [2.24, 2.45) is 10.7 Å². The number of nitrogens with two attached hydrogens (primary N) is 1. The summed E-state index contributed by atoms with van der Waals surface area (Å²) in [6.45, 7) is 0. The number of rotatable bonds is 4. The SMILES string of the molecule is COc1cccc(/C=N/c2sc3c(c2C(N)=O)CCCC3)c1. The summed E-state index contributed by atoms with van der Waals surface area (Å²) in [4.78, 5) is 17.6. The number of amides is 1. The third kappa shape index (κ3) is 2.90. The van der Waals surface area contributed by atoms with Crippen molar-refractivity contribution in [3.05, 3.63) is 45.8 Å². The molecule has 3 rings (SSSR count). The summed E-state index contributed by atoms with van der Waals surface area (Å²) < 4.78 is 5.20. The first kappa shape index (κ1) is 14.8. The van der Waals surface area contributed by atoms with Gasteiger partial charge in [0.15, 0.2) is 0 Å². The molecule has 0 bridgehead atoms. The average Bonchev–Trinajstić information content (AvgIpc) is 2.91. The van der Waals surface area contributed by atoms with Crippen LogP contribution in [0.5, 0.6) is 5.75 Å². The largest absolute Gasteiger partial charge is 0.497 e. The van der Waals surface area contributed by atoms with Crippen LogP contribution in [0.2, 0.25) is 0 Å². The minimum Gasteiger partial charge on any atom is -0.497 e. The van der Waals surface area contributed by atoms with Gasteiger partial charge < -0.3 is 10.5 Å². The summed E-state index contributed by atoms with van der Waals surface area (Å²) in [6, 6.07) is 7.65. The Morgan fingerprint density at radius 2 is 2.18 bits per heavy atom. The Morgan fingerprint density at radius 3 is 2.95 bits per heavy atom. The fourth-order valence-corrected chi connectivity index (χ4v) is 3.99. The van der Waals surface area contributed by atoms with E-state index in [-0.39, 0.29) is 5.91 Å². The van der Waals surface area contributed by atoms with E-state index in [1.807, 2.05) is 24.3 Å². The molecule has 5 heteroatoms. The highest BCUT2D eigenvalue weighted by Crippen LogP contribution is 2.39. The molecule has 0 atom stereocenters. The smallest absolute Gasteiger partial charge is 0.252 e. The maximum absolute atomic E-state index is 11.8. The Bertz CT molecular complexity index is 734. The lowest BCUT2D eigenvalue weighted by atomic mass is 9.95. The van der Waals surface area contributed by atoms with Crippen molar-refractivity contribution < 1.29 is 9.53 Å². The Hall–Kier alpha value is -2.14. The highest BCUT2D eigenvalue weighted by Gasteiger charge is 2.23. The van der Waals surface area contributed by atoms with Crippen LogP contribution >= 0.6 is 11.3 Å². The predicted octanol–water partition coefficient (Wildman–Crippen LogP) is 3.49. The van der Waals surface area contributed by atoms with Crippen LogP contribution in [0.25, 0.3) is 0 Å². The second-order valence-corrected chi connectivity index (χ2v) is 6.37. The van der Waals surface area contributed by atoms with Gasteiger partial charge in [0.05, 0.1) is 12.7 Å². The monoisotopic (exact) mass is 314 g/mol. The maximum Gasteiger partial charge on any atom is 0.252 e. The minimum absolute atomic E-state index is 0.378. The molecule has 1 aromatic heterocycles. The number of benzene rings is 1. The van der Waals surface area contributed by atoms with Gasteiger partial charge in [-0.1, -0.05) is 12.1 Å². The van der Waals surface area contributed by atoms with Gasteiger partial charge in [0.1, 0.15) is 10.8 Å². The predicted molar refractivity (Wildman–Crippen MR) is 89.7 cm³/mol. The minimum atomic E-state index is -0.378. The summed E-state index contributed by atoms with van der Waals surface area (Å²) in [5.41, 5.74) is 8.23. The van der Waals surface area contributed by atoms with Crippen LogP contribution in [0.1, 0.15) is 39.2 Å². The second-order valence-electron chi connectivity index (χ2n) is 5.29. The lowest BCUT2D eigenvalue weighted by Crippen LogP contribution is -2.14. The number of aryl methyl sites for hydroxylation is 1. The molecular weight excluding hydrogens is 296 g/mol. The first-order chi connectivity index (χ1) is 10.7. The Morgan fingerprint density at radius 1 is 1.36 bits per heavy atom. The summed E-state index contributed by atoms with van der Waals surface area (Å²) in [5.74, 6) is 0.404. The summed E-state index contributed by atoms with van der Waals surface area (Å²) in [5, 5.41) is 0.724. The number of thiophene rings is 1. The molecule has 2 N–H and O–H groups in total. The van der Waals surface area contributed by atoms with Gasteiger partial charge in [0.25, 0.3) is 5.91 Å². The number of ether oxygens (including phenoxy) is 1. The van der Waals surface area contributed by atoms with Gasteiger partial charge in [-0.15, -0.1) is 11.3 Å². The number of aliphatic imine (C=N–C) groups is 1. The molecule has 0 radical (unpaired) electrons. The van der Waals surface area contributed by atoms with E-state index in [9.17, 15) is 4.79 Å².